The molecule has 0 bridgehead atoms. The van der Waals surface area contributed by atoms with Gasteiger partial charge >= 0.3 is 0 Å². The fourth-order valence-electron chi connectivity index (χ4n) is 3.36. The van der Waals surface area contributed by atoms with E-state index < -0.39 is 0 Å². The summed E-state index contributed by atoms with van der Waals surface area (Å²) in [5.41, 5.74) is 0.819. The van der Waals surface area contributed by atoms with E-state index in [1.54, 1.807) is 18.5 Å². The molecule has 4 heterocycles. The number of piperidine rings is 1. The second kappa shape index (κ2) is 7.71. The smallest absolute Gasteiger partial charge is 0.231 e. The number of aromatic nitrogens is 6. The molecule has 1 unspecified atom stereocenters. The first-order valence-corrected chi connectivity index (χ1v) is 9.29. The van der Waals surface area contributed by atoms with Crippen molar-refractivity contribution in [2.24, 2.45) is 5.92 Å². The summed E-state index contributed by atoms with van der Waals surface area (Å²) >= 11 is 0. The Kier molecular flexibility index (Phi) is 4.96. The van der Waals surface area contributed by atoms with Crippen LogP contribution in [-0.4, -0.2) is 48.7 Å². The number of nitrogens with one attached hydrogen (secondary N) is 1. The normalized spacial score (nSPS) is 16.8. The quantitative estimate of drug-likeness (QED) is 0.740. The Morgan fingerprint density at radius 3 is 2.64 bits per heavy atom. The number of hydrogen-bond donors (Lipinski definition) is 1. The molecule has 1 N–H and O–H groups in total. The molecular formula is C19H22N8O. The van der Waals surface area contributed by atoms with Gasteiger partial charge in [-0.3, -0.25) is 14.7 Å². The van der Waals surface area contributed by atoms with Gasteiger partial charge in [0.15, 0.2) is 11.6 Å². The van der Waals surface area contributed by atoms with Crippen LogP contribution in [0.5, 0.6) is 0 Å². The largest absolute Gasteiger partial charge is 0.354 e. The summed E-state index contributed by atoms with van der Waals surface area (Å²) in [6, 6.07) is 5.65. The summed E-state index contributed by atoms with van der Waals surface area (Å²) in [6.45, 7) is 5.23. The van der Waals surface area contributed by atoms with Gasteiger partial charge in [-0.1, -0.05) is 0 Å². The highest BCUT2D eigenvalue weighted by atomic mass is 16.2. The Labute approximate surface area is 162 Å². The van der Waals surface area contributed by atoms with Crippen molar-refractivity contribution in [2.75, 3.05) is 23.3 Å². The highest BCUT2D eigenvalue weighted by Crippen LogP contribution is 2.22. The second-order valence-corrected chi connectivity index (χ2v) is 6.89. The van der Waals surface area contributed by atoms with Gasteiger partial charge in [-0.05, 0) is 44.9 Å². The van der Waals surface area contributed by atoms with Crippen molar-refractivity contribution < 1.29 is 4.79 Å². The van der Waals surface area contributed by atoms with Crippen LogP contribution >= 0.6 is 0 Å². The average Bonchev–Trinajstić information content (AvgIpc) is 3.14. The van der Waals surface area contributed by atoms with Crippen molar-refractivity contribution >= 4 is 17.7 Å². The van der Waals surface area contributed by atoms with Crippen LogP contribution < -0.4 is 10.2 Å². The fraction of sp³-hybridized carbons (Fsp3) is 0.368. The first-order valence-electron chi connectivity index (χ1n) is 9.29. The van der Waals surface area contributed by atoms with Crippen molar-refractivity contribution in [3.8, 4) is 5.82 Å². The summed E-state index contributed by atoms with van der Waals surface area (Å²) in [7, 11) is 0. The minimum absolute atomic E-state index is 0.0612. The van der Waals surface area contributed by atoms with Gasteiger partial charge in [0.25, 0.3) is 0 Å². The van der Waals surface area contributed by atoms with E-state index in [9.17, 15) is 4.79 Å². The van der Waals surface area contributed by atoms with Gasteiger partial charge in [0.2, 0.25) is 11.9 Å². The minimum atomic E-state index is -0.143. The van der Waals surface area contributed by atoms with Gasteiger partial charge in [-0.2, -0.15) is 0 Å². The lowest BCUT2D eigenvalue weighted by Crippen LogP contribution is -2.41. The Morgan fingerprint density at radius 2 is 1.93 bits per heavy atom. The third-order valence-corrected chi connectivity index (χ3v) is 4.85. The van der Waals surface area contributed by atoms with Gasteiger partial charge in [-0.25, -0.2) is 15.0 Å². The lowest BCUT2D eigenvalue weighted by atomic mass is 9.97. The number of carbonyl (C=O) groups excluding carboxylic acids is 1. The maximum Gasteiger partial charge on any atom is 0.231 e. The molecule has 1 saturated heterocycles. The zero-order valence-corrected chi connectivity index (χ0v) is 15.9. The average molecular weight is 378 g/mol. The Hall–Kier alpha value is -3.36. The van der Waals surface area contributed by atoms with Crippen LogP contribution in [0.15, 0.2) is 36.8 Å². The lowest BCUT2D eigenvalue weighted by molar-refractivity contribution is -0.120. The van der Waals surface area contributed by atoms with Crippen LogP contribution in [0.3, 0.4) is 0 Å². The first-order chi connectivity index (χ1) is 13.6. The van der Waals surface area contributed by atoms with E-state index in [1.807, 2.05) is 36.7 Å². The van der Waals surface area contributed by atoms with Crippen molar-refractivity contribution in [3.05, 3.63) is 48.3 Å². The van der Waals surface area contributed by atoms with Gasteiger partial charge in [-0.15, -0.1) is 10.2 Å². The summed E-state index contributed by atoms with van der Waals surface area (Å²) in [4.78, 5) is 27.3. The molecule has 3 aromatic heterocycles. The molecule has 1 fully saturated rings. The van der Waals surface area contributed by atoms with Crippen molar-refractivity contribution in [3.63, 3.8) is 0 Å². The first kappa shape index (κ1) is 18.0. The molecule has 0 radical (unpaired) electrons. The zero-order chi connectivity index (χ0) is 19.5. The van der Waals surface area contributed by atoms with E-state index in [0.717, 1.165) is 42.5 Å². The highest BCUT2D eigenvalue weighted by molar-refractivity contribution is 5.91. The maximum atomic E-state index is 12.6. The Bertz CT molecular complexity index is 968. The molecule has 144 valence electrons. The number of hydrogen-bond acceptors (Lipinski definition) is 7. The molecule has 0 saturated carbocycles. The van der Waals surface area contributed by atoms with E-state index in [0.29, 0.717) is 12.5 Å². The summed E-state index contributed by atoms with van der Waals surface area (Å²) in [5.74, 6) is 2.49. The number of nitrogens with zero attached hydrogens (tertiary/aromatic N) is 7. The standard InChI is InChI=1S/C19H22N8O/c1-13-7-8-21-19(22-13)23-18(28)15-4-3-10-26(12-15)16-5-6-17(25-24-16)27-11-9-20-14(27)2/h5-9,11,15H,3-4,10,12H2,1-2H3,(H,21,22,23,28). The van der Waals surface area contributed by atoms with Gasteiger partial charge in [0.1, 0.15) is 5.82 Å². The number of anilines is 2. The summed E-state index contributed by atoms with van der Waals surface area (Å²) in [6.07, 6.45) is 6.97. The highest BCUT2D eigenvalue weighted by Gasteiger charge is 2.27. The molecule has 1 aliphatic rings. The third kappa shape index (κ3) is 3.83. The predicted octanol–water partition coefficient (Wildman–Crippen LogP) is 1.92. The molecule has 1 aliphatic heterocycles. The SMILES string of the molecule is Cc1ccnc(NC(=O)C2CCCN(c3ccc(-n4ccnc4C)nn3)C2)n1. The molecule has 0 aliphatic carbocycles. The van der Waals surface area contributed by atoms with Crippen LogP contribution in [0.1, 0.15) is 24.4 Å². The van der Waals surface area contributed by atoms with Crippen LogP contribution in [0.25, 0.3) is 5.82 Å². The molecule has 1 amide bonds. The molecule has 0 aromatic carbocycles. The van der Waals surface area contributed by atoms with Gasteiger partial charge in [0.05, 0.1) is 5.92 Å². The van der Waals surface area contributed by atoms with Crippen molar-refractivity contribution in [1.29, 1.82) is 0 Å². The third-order valence-electron chi connectivity index (χ3n) is 4.85. The molecular weight excluding hydrogens is 356 g/mol. The molecule has 28 heavy (non-hydrogen) atoms. The van der Waals surface area contributed by atoms with Crippen LogP contribution in [0.4, 0.5) is 11.8 Å². The Morgan fingerprint density at radius 1 is 1.11 bits per heavy atom. The number of aryl methyl sites for hydroxylation is 2. The van der Waals surface area contributed by atoms with Gasteiger partial charge < -0.3 is 4.90 Å². The summed E-state index contributed by atoms with van der Waals surface area (Å²) in [5, 5.41) is 11.5. The van der Waals surface area contributed by atoms with E-state index >= 15 is 0 Å². The van der Waals surface area contributed by atoms with Crippen molar-refractivity contribution in [1.82, 2.24) is 29.7 Å². The predicted molar refractivity (Wildman–Crippen MR) is 104 cm³/mol. The number of carbonyl (C=O) groups is 1. The molecule has 1 atom stereocenters. The van der Waals surface area contributed by atoms with E-state index in [1.165, 1.54) is 0 Å². The molecule has 4 rings (SSSR count). The zero-order valence-electron chi connectivity index (χ0n) is 15.9. The van der Waals surface area contributed by atoms with Crippen molar-refractivity contribution in [2.45, 2.75) is 26.7 Å². The molecule has 0 spiro atoms. The van der Waals surface area contributed by atoms with E-state index in [2.05, 4.69) is 35.4 Å². The molecule has 9 heteroatoms. The second-order valence-electron chi connectivity index (χ2n) is 6.89. The number of amides is 1. The minimum Gasteiger partial charge on any atom is -0.354 e. The number of rotatable bonds is 4. The number of imidazole rings is 1. The Balaban J connectivity index is 1.43. The van der Waals surface area contributed by atoms with Crippen LogP contribution in [-0.2, 0) is 4.79 Å². The van der Waals surface area contributed by atoms with E-state index in [4.69, 9.17) is 0 Å². The van der Waals surface area contributed by atoms with Crippen LogP contribution in [0.2, 0.25) is 0 Å². The van der Waals surface area contributed by atoms with Gasteiger partial charge in [0, 0.05) is 37.4 Å². The topological polar surface area (TPSA) is 102 Å². The monoisotopic (exact) mass is 378 g/mol. The fourth-order valence-corrected chi connectivity index (χ4v) is 3.36. The van der Waals surface area contributed by atoms with Crippen LogP contribution in [0, 0.1) is 19.8 Å². The lowest BCUT2D eigenvalue weighted by Gasteiger charge is -2.32. The van der Waals surface area contributed by atoms with E-state index in [-0.39, 0.29) is 11.8 Å². The maximum absolute atomic E-state index is 12.6. The summed E-state index contributed by atoms with van der Waals surface area (Å²) < 4.78 is 1.88. The molecule has 9 nitrogen and oxygen atoms in total. The molecule has 3 aromatic rings.